The zero-order chi connectivity index (χ0) is 40.8. The normalized spacial score (nSPS) is 14.3. The molecule has 294 valence electrons. The minimum absolute atomic E-state index is 0.125. The maximum absolute atomic E-state index is 6.31. The molecule has 2 aliphatic carbocycles. The lowest BCUT2D eigenvalue weighted by Gasteiger charge is -2.36. The van der Waals surface area contributed by atoms with E-state index in [-0.39, 0.29) is 5.41 Å². The second kappa shape index (κ2) is 13.7. The number of nitrogens with zero attached hydrogens (tertiary/aromatic N) is 3. The number of benzene rings is 8. The Labute approximate surface area is 358 Å². The molecule has 0 radical (unpaired) electrons. The highest BCUT2D eigenvalue weighted by atomic mass is 16.3. The Morgan fingerprint density at radius 3 is 1.50 bits per heavy atom. The van der Waals surface area contributed by atoms with Gasteiger partial charge in [0.2, 0.25) is 0 Å². The van der Waals surface area contributed by atoms with Crippen LogP contribution in [0.5, 0.6) is 0 Å². The first-order valence-corrected chi connectivity index (χ1v) is 21.7. The van der Waals surface area contributed by atoms with E-state index in [9.17, 15) is 0 Å². The molecule has 1 saturated carbocycles. The van der Waals surface area contributed by atoms with E-state index in [1.165, 1.54) is 71.0 Å². The van der Waals surface area contributed by atoms with Crippen molar-refractivity contribution in [3.8, 4) is 67.5 Å². The van der Waals surface area contributed by atoms with Crippen LogP contribution in [0, 0.1) is 0 Å². The lowest BCUT2D eigenvalue weighted by Crippen LogP contribution is -2.28. The molecule has 0 atom stereocenters. The molecule has 0 unspecified atom stereocenters. The summed E-state index contributed by atoms with van der Waals surface area (Å²) < 4.78 is 12.6. The lowest BCUT2D eigenvalue weighted by atomic mass is 9.67. The van der Waals surface area contributed by atoms with Gasteiger partial charge in [-0.2, -0.15) is 0 Å². The van der Waals surface area contributed by atoms with Gasteiger partial charge in [0.05, 0.1) is 0 Å². The number of rotatable bonds is 5. The van der Waals surface area contributed by atoms with Crippen molar-refractivity contribution in [1.82, 2.24) is 15.0 Å². The third-order valence-electron chi connectivity index (χ3n) is 13.6. The van der Waals surface area contributed by atoms with Crippen molar-refractivity contribution in [2.45, 2.75) is 37.5 Å². The first-order valence-electron chi connectivity index (χ1n) is 21.7. The first kappa shape index (κ1) is 35.2. The van der Waals surface area contributed by atoms with E-state index in [2.05, 4.69) is 115 Å². The Morgan fingerprint density at radius 2 is 0.823 bits per heavy atom. The fourth-order valence-electron chi connectivity index (χ4n) is 10.7. The van der Waals surface area contributed by atoms with Crippen LogP contribution in [0.3, 0.4) is 0 Å². The Balaban J connectivity index is 0.914. The van der Waals surface area contributed by atoms with Gasteiger partial charge in [0.25, 0.3) is 0 Å². The van der Waals surface area contributed by atoms with Gasteiger partial charge in [-0.3, -0.25) is 0 Å². The quantitative estimate of drug-likeness (QED) is 0.174. The molecule has 2 aliphatic rings. The lowest BCUT2D eigenvalue weighted by molar-refractivity contribution is 0.353. The number of hydrogen-bond acceptors (Lipinski definition) is 5. The van der Waals surface area contributed by atoms with Gasteiger partial charge in [0.1, 0.15) is 22.3 Å². The van der Waals surface area contributed by atoms with E-state index < -0.39 is 0 Å². The van der Waals surface area contributed by atoms with Crippen molar-refractivity contribution in [1.29, 1.82) is 0 Å². The summed E-state index contributed by atoms with van der Waals surface area (Å²) in [6.45, 7) is 0. The predicted molar refractivity (Wildman–Crippen MR) is 251 cm³/mol. The van der Waals surface area contributed by atoms with Gasteiger partial charge in [-0.05, 0) is 93.7 Å². The number of para-hydroxylation sites is 2. The summed E-state index contributed by atoms with van der Waals surface area (Å²) in [6.07, 6.45) is 6.34. The highest BCUT2D eigenvalue weighted by Gasteiger charge is 2.43. The summed E-state index contributed by atoms with van der Waals surface area (Å²) in [5, 5.41) is 4.01. The highest BCUT2D eigenvalue weighted by Crippen LogP contribution is 2.56. The molecule has 0 saturated heterocycles. The van der Waals surface area contributed by atoms with Gasteiger partial charge in [-0.25, -0.2) is 15.0 Å². The van der Waals surface area contributed by atoms with Gasteiger partial charge in [-0.1, -0.05) is 159 Å². The molecule has 1 spiro atoms. The monoisotopic (exact) mass is 797 g/mol. The fourth-order valence-corrected chi connectivity index (χ4v) is 10.7. The number of fused-ring (bicyclic) bond motifs is 11. The van der Waals surface area contributed by atoms with Crippen LogP contribution < -0.4 is 0 Å². The zero-order valence-corrected chi connectivity index (χ0v) is 33.9. The Hall–Kier alpha value is -7.63. The van der Waals surface area contributed by atoms with E-state index in [1.807, 2.05) is 60.7 Å². The summed E-state index contributed by atoms with van der Waals surface area (Å²) in [4.78, 5) is 15.7. The SMILES string of the molecule is c1cc(-c2ccc(-c3nc(-c4cccc5oc6ccccc6c45)nc(-c4cccc5oc6ccccc6c45)n3)cc2)cc(-c2ccc3c(c2)C2(CCCCC2)c2ccccc2-3)c1. The van der Waals surface area contributed by atoms with Crippen molar-refractivity contribution in [2.24, 2.45) is 0 Å². The van der Waals surface area contributed by atoms with Crippen molar-refractivity contribution in [2.75, 3.05) is 0 Å². The molecular formula is C57H39N3O2. The predicted octanol–water partition coefficient (Wildman–Crippen LogP) is 15.2. The molecule has 0 bridgehead atoms. The molecule has 3 aromatic heterocycles. The first-order chi connectivity index (χ1) is 30.7. The molecule has 0 amide bonds. The summed E-state index contributed by atoms with van der Waals surface area (Å²) in [7, 11) is 0. The van der Waals surface area contributed by atoms with Crippen LogP contribution in [0.4, 0.5) is 0 Å². The van der Waals surface area contributed by atoms with Gasteiger partial charge in [-0.15, -0.1) is 0 Å². The average Bonchev–Trinajstić information content (AvgIpc) is 4.00. The third kappa shape index (κ3) is 5.37. The number of furan rings is 2. The molecule has 5 heteroatoms. The number of aromatic nitrogens is 3. The highest BCUT2D eigenvalue weighted by molar-refractivity contribution is 6.13. The number of hydrogen-bond donors (Lipinski definition) is 0. The van der Waals surface area contributed by atoms with Gasteiger partial charge < -0.3 is 8.83 Å². The topological polar surface area (TPSA) is 65.0 Å². The molecule has 3 heterocycles. The Bertz CT molecular complexity index is 3440. The zero-order valence-electron chi connectivity index (χ0n) is 33.9. The summed E-state index contributed by atoms with van der Waals surface area (Å²) in [5.41, 5.74) is 16.7. The second-order valence-electron chi connectivity index (χ2n) is 17.0. The van der Waals surface area contributed by atoms with Crippen LogP contribution in [0.15, 0.2) is 185 Å². The van der Waals surface area contributed by atoms with Crippen molar-refractivity contribution >= 4 is 43.9 Å². The minimum atomic E-state index is 0.125. The van der Waals surface area contributed by atoms with E-state index in [0.29, 0.717) is 17.5 Å². The molecule has 62 heavy (non-hydrogen) atoms. The van der Waals surface area contributed by atoms with E-state index in [1.54, 1.807) is 0 Å². The maximum atomic E-state index is 6.31. The van der Waals surface area contributed by atoms with Crippen LogP contribution in [0.1, 0.15) is 43.2 Å². The van der Waals surface area contributed by atoms with Crippen LogP contribution in [-0.2, 0) is 5.41 Å². The van der Waals surface area contributed by atoms with E-state index in [4.69, 9.17) is 23.8 Å². The third-order valence-corrected chi connectivity index (χ3v) is 13.6. The van der Waals surface area contributed by atoms with Crippen molar-refractivity contribution < 1.29 is 8.83 Å². The summed E-state index contributed by atoms with van der Waals surface area (Å²) in [5.74, 6) is 1.75. The van der Waals surface area contributed by atoms with E-state index in [0.717, 1.165) is 66.1 Å². The Kier molecular flexibility index (Phi) is 7.77. The largest absolute Gasteiger partial charge is 0.456 e. The molecule has 13 rings (SSSR count). The molecular weight excluding hydrogens is 759 g/mol. The fraction of sp³-hybridized carbons (Fsp3) is 0.105. The molecule has 8 aromatic carbocycles. The van der Waals surface area contributed by atoms with Crippen molar-refractivity contribution in [3.63, 3.8) is 0 Å². The average molecular weight is 798 g/mol. The van der Waals surface area contributed by atoms with Crippen LogP contribution in [-0.4, -0.2) is 15.0 Å². The van der Waals surface area contributed by atoms with Crippen molar-refractivity contribution in [3.05, 3.63) is 187 Å². The van der Waals surface area contributed by atoms with Gasteiger partial charge in [0.15, 0.2) is 17.5 Å². The van der Waals surface area contributed by atoms with Crippen LogP contribution >= 0.6 is 0 Å². The Morgan fingerprint density at radius 1 is 0.339 bits per heavy atom. The van der Waals surface area contributed by atoms with Crippen LogP contribution in [0.2, 0.25) is 0 Å². The molecule has 1 fully saturated rings. The molecule has 5 nitrogen and oxygen atoms in total. The van der Waals surface area contributed by atoms with Gasteiger partial charge in [0, 0.05) is 43.7 Å². The molecule has 0 aliphatic heterocycles. The minimum Gasteiger partial charge on any atom is -0.456 e. The molecule has 11 aromatic rings. The van der Waals surface area contributed by atoms with Gasteiger partial charge >= 0.3 is 0 Å². The molecule has 0 N–H and O–H groups in total. The summed E-state index contributed by atoms with van der Waals surface area (Å²) >= 11 is 0. The van der Waals surface area contributed by atoms with Crippen LogP contribution in [0.25, 0.3) is 111 Å². The smallest absolute Gasteiger partial charge is 0.164 e. The second-order valence-corrected chi connectivity index (χ2v) is 17.0. The van der Waals surface area contributed by atoms with E-state index >= 15 is 0 Å². The summed E-state index contributed by atoms with van der Waals surface area (Å²) in [6, 6.07) is 62.3. The standard InChI is InChI=1S/C57H39N3O2/c1-8-31-57(32-9-1)46-20-5-2-15-40(46)41-30-29-39(34-47(41)57)38-14-10-13-37(33-38)35-25-27-36(28-26-35)54-58-55(44-18-11-23-50-52(44)42-16-3-6-21-48(42)61-50)60-56(59-54)45-19-12-24-51-53(45)43-17-4-7-22-49(43)62-51/h2-7,10-30,33-34H,1,8-9,31-32H2. The maximum Gasteiger partial charge on any atom is 0.164 e.